The summed E-state index contributed by atoms with van der Waals surface area (Å²) in [5, 5.41) is 9.50. The largest absolute Gasteiger partial charge is 0.573 e. The van der Waals surface area contributed by atoms with E-state index in [0.29, 0.717) is 27.3 Å². The molecule has 0 bridgehead atoms. The van der Waals surface area contributed by atoms with Crippen molar-refractivity contribution in [3.05, 3.63) is 95.4 Å². The molecule has 0 N–H and O–H groups in total. The smallest absolute Gasteiger partial charge is 0.406 e. The van der Waals surface area contributed by atoms with Gasteiger partial charge in [-0.3, -0.25) is 9.69 Å². The molecule has 7 nitrogen and oxygen atoms in total. The third-order valence-electron chi connectivity index (χ3n) is 6.09. The lowest BCUT2D eigenvalue weighted by Crippen LogP contribution is -2.30. The second kappa shape index (κ2) is 12.2. The van der Waals surface area contributed by atoms with Crippen molar-refractivity contribution in [2.24, 2.45) is 10.2 Å². The molecule has 12 heteroatoms. The van der Waals surface area contributed by atoms with E-state index in [1.54, 1.807) is 34.3 Å². The van der Waals surface area contributed by atoms with Gasteiger partial charge in [0.05, 0.1) is 34.7 Å². The Kier molecular flexibility index (Phi) is 8.46. The van der Waals surface area contributed by atoms with Crippen LogP contribution in [0.1, 0.15) is 24.5 Å². The van der Waals surface area contributed by atoms with E-state index < -0.39 is 6.36 Å². The Morgan fingerprint density at radius 3 is 2.56 bits per heavy atom. The summed E-state index contributed by atoms with van der Waals surface area (Å²) in [5.74, 6) is -0.124. The molecule has 0 unspecified atom stereocenters. The molecular formula is C29H23ClF3N5O2S. The number of amides is 1. The molecule has 1 saturated heterocycles. The van der Waals surface area contributed by atoms with Crippen molar-refractivity contribution in [3.63, 3.8) is 0 Å². The molecule has 1 aliphatic rings. The topological polar surface area (TPSA) is 72.1 Å². The monoisotopic (exact) mass is 597 g/mol. The van der Waals surface area contributed by atoms with E-state index in [4.69, 9.17) is 11.6 Å². The average molecular weight is 598 g/mol. The van der Waals surface area contributed by atoms with Crippen LogP contribution in [0.2, 0.25) is 5.02 Å². The van der Waals surface area contributed by atoms with Gasteiger partial charge in [0.1, 0.15) is 5.75 Å². The normalized spacial score (nSPS) is 14.9. The van der Waals surface area contributed by atoms with E-state index in [1.807, 2.05) is 36.4 Å². The Labute approximate surface area is 243 Å². The number of rotatable bonds is 8. The number of hydrogen-bond donors (Lipinski definition) is 0. The van der Waals surface area contributed by atoms with Crippen LogP contribution in [0, 0.1) is 0 Å². The van der Waals surface area contributed by atoms with Gasteiger partial charge in [-0.1, -0.05) is 73.1 Å². The van der Waals surface area contributed by atoms with Crippen molar-refractivity contribution in [2.45, 2.75) is 26.1 Å². The molecule has 1 amide bonds. The number of anilines is 1. The first-order chi connectivity index (χ1) is 19.7. The third kappa shape index (κ3) is 6.80. The lowest BCUT2D eigenvalue weighted by molar-refractivity contribution is -0.274. The van der Waals surface area contributed by atoms with Crippen LogP contribution in [-0.4, -0.2) is 39.0 Å². The average Bonchev–Trinajstić information content (AvgIpc) is 3.57. The van der Waals surface area contributed by atoms with E-state index in [0.717, 1.165) is 29.5 Å². The van der Waals surface area contributed by atoms with Crippen LogP contribution in [0.3, 0.4) is 0 Å². The van der Waals surface area contributed by atoms with E-state index in [-0.39, 0.29) is 17.4 Å². The molecule has 4 aromatic rings. The second-order valence-corrected chi connectivity index (χ2v) is 10.3. The van der Waals surface area contributed by atoms with Crippen LogP contribution < -0.4 is 9.64 Å². The first-order valence-corrected chi connectivity index (χ1v) is 13.9. The molecular weight excluding hydrogens is 575 g/mol. The molecule has 2 heterocycles. The molecule has 210 valence electrons. The molecule has 0 saturated carbocycles. The van der Waals surface area contributed by atoms with Crippen molar-refractivity contribution in [1.82, 2.24) is 9.55 Å². The quantitative estimate of drug-likeness (QED) is 0.156. The Balaban J connectivity index is 1.28. The third-order valence-corrected chi connectivity index (χ3v) is 7.31. The van der Waals surface area contributed by atoms with Crippen LogP contribution in [0.4, 0.5) is 18.9 Å². The standard InChI is InChI=1S/C29H23ClF3N5O2S/c1-2-4-21-5-3-6-24(30)27(21)38-26(39)17-41-28(38)36-35-15-19-7-9-20(10-8-19)25-16-37(18-34-25)22-11-13-23(14-12-22)40-29(31,32)33/h3,5-16,18H,2,4,17H2,1H3/b35-15+,36-28-. The van der Waals surface area contributed by atoms with Gasteiger partial charge >= 0.3 is 6.36 Å². The highest BCUT2D eigenvalue weighted by atomic mass is 35.5. The molecule has 5 rings (SSSR count). The lowest BCUT2D eigenvalue weighted by atomic mass is 10.1. The zero-order valence-electron chi connectivity index (χ0n) is 21.7. The number of benzene rings is 3. The summed E-state index contributed by atoms with van der Waals surface area (Å²) in [4.78, 5) is 18.7. The number of carbonyl (C=O) groups is 1. The van der Waals surface area contributed by atoms with E-state index >= 15 is 0 Å². The highest BCUT2D eigenvalue weighted by molar-refractivity contribution is 8.15. The maximum Gasteiger partial charge on any atom is 0.573 e. The number of aromatic nitrogens is 2. The molecule has 41 heavy (non-hydrogen) atoms. The number of alkyl halides is 3. The molecule has 1 aliphatic heterocycles. The fourth-order valence-corrected chi connectivity index (χ4v) is 5.34. The number of hydrogen-bond acceptors (Lipinski definition) is 6. The van der Waals surface area contributed by atoms with Gasteiger partial charge in [-0.15, -0.1) is 18.3 Å². The zero-order valence-corrected chi connectivity index (χ0v) is 23.2. The maximum absolute atomic E-state index is 12.7. The van der Waals surface area contributed by atoms with Crippen LogP contribution in [0.15, 0.2) is 89.5 Å². The van der Waals surface area contributed by atoms with E-state index in [1.165, 1.54) is 36.0 Å². The van der Waals surface area contributed by atoms with Gasteiger partial charge in [-0.2, -0.15) is 5.10 Å². The van der Waals surface area contributed by atoms with Crippen molar-refractivity contribution in [1.29, 1.82) is 0 Å². The molecule has 0 aliphatic carbocycles. The number of amidine groups is 1. The van der Waals surface area contributed by atoms with Gasteiger partial charge in [0.25, 0.3) is 0 Å². The highest BCUT2D eigenvalue weighted by Crippen LogP contribution is 2.36. The van der Waals surface area contributed by atoms with Crippen molar-refractivity contribution < 1.29 is 22.7 Å². The van der Waals surface area contributed by atoms with Crippen LogP contribution in [0.5, 0.6) is 5.75 Å². The highest BCUT2D eigenvalue weighted by Gasteiger charge is 2.33. The second-order valence-electron chi connectivity index (χ2n) is 8.97. The Morgan fingerprint density at radius 1 is 1.10 bits per heavy atom. The number of imidazole rings is 1. The van der Waals surface area contributed by atoms with Crippen molar-refractivity contribution >= 4 is 46.3 Å². The molecule has 0 spiro atoms. The number of para-hydroxylation sites is 1. The number of aryl methyl sites for hydroxylation is 1. The maximum atomic E-state index is 12.7. The summed E-state index contributed by atoms with van der Waals surface area (Å²) in [6, 6.07) is 18.6. The Hall–Kier alpha value is -4.09. The van der Waals surface area contributed by atoms with E-state index in [2.05, 4.69) is 26.8 Å². The SMILES string of the molecule is CCCc1cccc(Cl)c1N1C(=O)CS/C1=N\N=C\c1ccc(-c2cn(-c3ccc(OC(F)(F)F)cc3)cn2)cc1. The lowest BCUT2D eigenvalue weighted by Gasteiger charge is -2.20. The predicted molar refractivity (Wildman–Crippen MR) is 156 cm³/mol. The van der Waals surface area contributed by atoms with Crippen LogP contribution in [0.25, 0.3) is 16.9 Å². The molecule has 0 atom stereocenters. The Morgan fingerprint density at radius 2 is 1.85 bits per heavy atom. The number of carbonyl (C=O) groups excluding carboxylic acids is 1. The Bertz CT molecular complexity index is 1600. The fourth-order valence-electron chi connectivity index (χ4n) is 4.26. The van der Waals surface area contributed by atoms with Gasteiger partial charge < -0.3 is 9.30 Å². The number of ether oxygens (including phenoxy) is 1. The van der Waals surface area contributed by atoms with Crippen LogP contribution >= 0.6 is 23.4 Å². The zero-order chi connectivity index (χ0) is 29.0. The van der Waals surface area contributed by atoms with E-state index in [9.17, 15) is 18.0 Å². The summed E-state index contributed by atoms with van der Waals surface area (Å²) in [6.45, 7) is 2.07. The number of thioether (sulfide) groups is 1. The summed E-state index contributed by atoms with van der Waals surface area (Å²) < 4.78 is 42.8. The summed E-state index contributed by atoms with van der Waals surface area (Å²) >= 11 is 7.80. The van der Waals surface area contributed by atoms with Gasteiger partial charge in [0.2, 0.25) is 5.91 Å². The van der Waals surface area contributed by atoms with Crippen molar-refractivity contribution in [3.8, 4) is 22.7 Å². The van der Waals surface area contributed by atoms with Gasteiger partial charge in [-0.25, -0.2) is 4.98 Å². The predicted octanol–water partition coefficient (Wildman–Crippen LogP) is 7.51. The molecule has 0 radical (unpaired) electrons. The van der Waals surface area contributed by atoms with Crippen molar-refractivity contribution in [2.75, 3.05) is 10.7 Å². The van der Waals surface area contributed by atoms with Gasteiger partial charge in [-0.05, 0) is 47.9 Å². The van der Waals surface area contributed by atoms with Crippen LogP contribution in [-0.2, 0) is 11.2 Å². The van der Waals surface area contributed by atoms with Gasteiger partial charge in [0, 0.05) is 17.4 Å². The minimum Gasteiger partial charge on any atom is -0.406 e. The first-order valence-electron chi connectivity index (χ1n) is 12.6. The summed E-state index contributed by atoms with van der Waals surface area (Å²) in [5.41, 5.74) is 4.60. The molecule has 1 aromatic heterocycles. The van der Waals surface area contributed by atoms with Gasteiger partial charge in [0.15, 0.2) is 5.17 Å². The minimum atomic E-state index is -4.74. The number of halogens is 4. The first kappa shape index (κ1) is 28.4. The summed E-state index contributed by atoms with van der Waals surface area (Å²) in [6.07, 6.45) is 1.92. The minimum absolute atomic E-state index is 0.0937. The summed E-state index contributed by atoms with van der Waals surface area (Å²) in [7, 11) is 0. The fraction of sp³-hybridized carbons (Fsp3) is 0.172. The molecule has 3 aromatic carbocycles. The number of nitrogens with zero attached hydrogens (tertiary/aromatic N) is 5. The molecule has 1 fully saturated rings.